The maximum Gasteiger partial charge on any atom is 0.337 e. The third-order valence-corrected chi connectivity index (χ3v) is 3.37. The van der Waals surface area contributed by atoms with E-state index in [-0.39, 0.29) is 0 Å². The standard InChI is InChI=1S/C15H21NO3/c1-2-10-19-12-6-7-14(13(11-12)15(17)18)16-8-4-3-5-9-16/h6-7,11H,2-5,8-10H2,1H3,(H,17,18). The zero-order valence-electron chi connectivity index (χ0n) is 11.4. The largest absolute Gasteiger partial charge is 0.494 e. The monoisotopic (exact) mass is 263 g/mol. The molecule has 0 spiro atoms. The van der Waals surface area contributed by atoms with Crippen molar-refractivity contribution in [2.75, 3.05) is 24.6 Å². The molecule has 1 fully saturated rings. The Morgan fingerprint density at radius 1 is 1.32 bits per heavy atom. The summed E-state index contributed by atoms with van der Waals surface area (Å²) in [6.45, 7) is 4.52. The van der Waals surface area contributed by atoms with Crippen LogP contribution in [0.2, 0.25) is 0 Å². The lowest BCUT2D eigenvalue weighted by Crippen LogP contribution is -2.30. The zero-order valence-corrected chi connectivity index (χ0v) is 11.4. The second-order valence-electron chi connectivity index (χ2n) is 4.88. The first kappa shape index (κ1) is 13.7. The Labute approximate surface area is 114 Å². The molecule has 1 N–H and O–H groups in total. The highest BCUT2D eigenvalue weighted by molar-refractivity contribution is 5.95. The fraction of sp³-hybridized carbons (Fsp3) is 0.533. The smallest absolute Gasteiger partial charge is 0.337 e. The SMILES string of the molecule is CCCOc1ccc(N2CCCCC2)c(C(=O)O)c1. The number of anilines is 1. The van der Waals surface area contributed by atoms with Crippen LogP contribution in [0.1, 0.15) is 43.0 Å². The van der Waals surface area contributed by atoms with E-state index in [1.165, 1.54) is 6.42 Å². The Hall–Kier alpha value is -1.71. The van der Waals surface area contributed by atoms with Gasteiger partial charge < -0.3 is 14.7 Å². The zero-order chi connectivity index (χ0) is 13.7. The number of aromatic carboxylic acids is 1. The molecule has 1 aromatic carbocycles. The van der Waals surface area contributed by atoms with Gasteiger partial charge in [-0.15, -0.1) is 0 Å². The van der Waals surface area contributed by atoms with Crippen molar-refractivity contribution in [3.63, 3.8) is 0 Å². The number of carbonyl (C=O) groups is 1. The predicted octanol–water partition coefficient (Wildman–Crippen LogP) is 3.16. The molecular weight excluding hydrogens is 242 g/mol. The van der Waals surface area contributed by atoms with Crippen LogP contribution in [0.4, 0.5) is 5.69 Å². The maximum atomic E-state index is 11.4. The molecule has 1 heterocycles. The molecule has 0 bridgehead atoms. The van der Waals surface area contributed by atoms with E-state index in [1.807, 2.05) is 19.1 Å². The minimum absolute atomic E-state index is 0.343. The summed E-state index contributed by atoms with van der Waals surface area (Å²) >= 11 is 0. The van der Waals surface area contributed by atoms with Crippen LogP contribution in [0, 0.1) is 0 Å². The second kappa shape index (κ2) is 6.45. The highest BCUT2D eigenvalue weighted by atomic mass is 16.5. The molecule has 0 unspecified atom stereocenters. The molecule has 0 saturated carbocycles. The summed E-state index contributed by atoms with van der Waals surface area (Å²) in [6.07, 6.45) is 4.41. The van der Waals surface area contributed by atoms with Crippen molar-refractivity contribution in [3.8, 4) is 5.75 Å². The number of ether oxygens (including phenoxy) is 1. The fourth-order valence-electron chi connectivity index (χ4n) is 2.41. The number of hydrogen-bond donors (Lipinski definition) is 1. The van der Waals surface area contributed by atoms with Gasteiger partial charge in [0.15, 0.2) is 0 Å². The number of rotatable bonds is 5. The summed E-state index contributed by atoms with van der Waals surface area (Å²) in [5.41, 5.74) is 1.16. The Balaban J connectivity index is 2.24. The van der Waals surface area contributed by atoms with Gasteiger partial charge in [0.1, 0.15) is 5.75 Å². The summed E-state index contributed by atoms with van der Waals surface area (Å²) in [4.78, 5) is 13.6. The van der Waals surface area contributed by atoms with Gasteiger partial charge in [0, 0.05) is 13.1 Å². The van der Waals surface area contributed by atoms with E-state index in [9.17, 15) is 9.90 Å². The molecule has 4 heteroatoms. The first-order chi connectivity index (χ1) is 9.22. The van der Waals surface area contributed by atoms with Crippen LogP contribution in [0.5, 0.6) is 5.75 Å². The molecule has 0 radical (unpaired) electrons. The highest BCUT2D eigenvalue weighted by Crippen LogP contribution is 2.28. The molecule has 2 rings (SSSR count). The van der Waals surface area contributed by atoms with Crippen molar-refractivity contribution in [1.82, 2.24) is 0 Å². The molecule has 104 valence electrons. The first-order valence-electron chi connectivity index (χ1n) is 6.97. The van der Waals surface area contributed by atoms with Crippen LogP contribution in [0.3, 0.4) is 0 Å². The van der Waals surface area contributed by atoms with Gasteiger partial charge in [0.25, 0.3) is 0 Å². The number of nitrogens with zero attached hydrogens (tertiary/aromatic N) is 1. The average Bonchev–Trinajstić information content (AvgIpc) is 2.45. The summed E-state index contributed by atoms with van der Waals surface area (Å²) in [5.74, 6) is -0.248. The van der Waals surface area contributed by atoms with Gasteiger partial charge in [-0.05, 0) is 43.9 Å². The summed E-state index contributed by atoms with van der Waals surface area (Å²) < 4.78 is 5.51. The second-order valence-corrected chi connectivity index (χ2v) is 4.88. The van der Waals surface area contributed by atoms with Gasteiger partial charge in [-0.3, -0.25) is 0 Å². The van der Waals surface area contributed by atoms with Gasteiger partial charge in [-0.2, -0.15) is 0 Å². The summed E-state index contributed by atoms with van der Waals surface area (Å²) in [7, 11) is 0. The molecule has 0 atom stereocenters. The third kappa shape index (κ3) is 3.40. The van der Waals surface area contributed by atoms with Gasteiger partial charge in [0.2, 0.25) is 0 Å². The van der Waals surface area contributed by atoms with Crippen molar-refractivity contribution in [3.05, 3.63) is 23.8 Å². The maximum absolute atomic E-state index is 11.4. The van der Waals surface area contributed by atoms with Crippen molar-refractivity contribution in [2.45, 2.75) is 32.6 Å². The summed E-state index contributed by atoms with van der Waals surface area (Å²) in [6, 6.07) is 5.38. The lowest BCUT2D eigenvalue weighted by molar-refractivity contribution is 0.0697. The van der Waals surface area contributed by atoms with Crippen LogP contribution >= 0.6 is 0 Å². The number of carboxylic acids is 1. The Morgan fingerprint density at radius 3 is 2.68 bits per heavy atom. The minimum atomic E-state index is -0.887. The van der Waals surface area contributed by atoms with Crippen LogP contribution in [0.15, 0.2) is 18.2 Å². The lowest BCUT2D eigenvalue weighted by atomic mass is 10.1. The highest BCUT2D eigenvalue weighted by Gasteiger charge is 2.18. The number of carboxylic acid groups (broad SMARTS) is 1. The van der Waals surface area contributed by atoms with Crippen LogP contribution in [-0.2, 0) is 0 Å². The minimum Gasteiger partial charge on any atom is -0.494 e. The van der Waals surface area contributed by atoms with Crippen molar-refractivity contribution in [2.24, 2.45) is 0 Å². The molecule has 1 aliphatic heterocycles. The molecule has 1 aliphatic rings. The molecule has 4 nitrogen and oxygen atoms in total. The fourth-order valence-corrected chi connectivity index (χ4v) is 2.41. The summed E-state index contributed by atoms with van der Waals surface area (Å²) in [5, 5.41) is 9.36. The number of piperidine rings is 1. The topological polar surface area (TPSA) is 49.8 Å². The van der Waals surface area contributed by atoms with E-state index in [2.05, 4.69) is 4.90 Å². The Morgan fingerprint density at radius 2 is 2.05 bits per heavy atom. The van der Waals surface area contributed by atoms with Gasteiger partial charge in [0.05, 0.1) is 17.9 Å². The number of benzene rings is 1. The van der Waals surface area contributed by atoms with Crippen LogP contribution in [0.25, 0.3) is 0 Å². The number of hydrogen-bond acceptors (Lipinski definition) is 3. The third-order valence-electron chi connectivity index (χ3n) is 3.37. The predicted molar refractivity (Wildman–Crippen MR) is 75.3 cm³/mol. The van der Waals surface area contributed by atoms with E-state index in [4.69, 9.17) is 4.74 Å². The van der Waals surface area contributed by atoms with Crippen LogP contribution in [-0.4, -0.2) is 30.8 Å². The van der Waals surface area contributed by atoms with E-state index < -0.39 is 5.97 Å². The lowest BCUT2D eigenvalue weighted by Gasteiger charge is -2.30. The Kier molecular flexibility index (Phi) is 4.66. The van der Waals surface area contributed by atoms with Crippen molar-refractivity contribution in [1.29, 1.82) is 0 Å². The molecule has 0 aromatic heterocycles. The van der Waals surface area contributed by atoms with Crippen molar-refractivity contribution >= 4 is 11.7 Å². The first-order valence-corrected chi connectivity index (χ1v) is 6.97. The van der Waals surface area contributed by atoms with E-state index >= 15 is 0 Å². The van der Waals surface area contributed by atoms with Gasteiger partial charge >= 0.3 is 5.97 Å². The van der Waals surface area contributed by atoms with Crippen LogP contribution < -0.4 is 9.64 Å². The van der Waals surface area contributed by atoms with Gasteiger partial charge in [-0.1, -0.05) is 6.92 Å². The van der Waals surface area contributed by atoms with E-state index in [0.717, 1.165) is 38.0 Å². The molecular formula is C15H21NO3. The molecule has 0 aliphatic carbocycles. The molecule has 19 heavy (non-hydrogen) atoms. The van der Waals surface area contributed by atoms with Crippen molar-refractivity contribution < 1.29 is 14.6 Å². The quantitative estimate of drug-likeness (QED) is 0.886. The Bertz CT molecular complexity index is 439. The molecule has 1 saturated heterocycles. The normalized spacial score (nSPS) is 15.3. The van der Waals surface area contributed by atoms with Gasteiger partial charge in [-0.25, -0.2) is 4.79 Å². The van der Waals surface area contributed by atoms with E-state index in [0.29, 0.717) is 17.9 Å². The average molecular weight is 263 g/mol. The molecule has 0 amide bonds. The molecule has 1 aromatic rings. The van der Waals surface area contributed by atoms with E-state index in [1.54, 1.807) is 6.07 Å².